The molecule has 1 aliphatic rings. The highest BCUT2D eigenvalue weighted by atomic mass is 32.1. The molecule has 1 fully saturated rings. The van der Waals surface area contributed by atoms with E-state index in [0.717, 1.165) is 18.4 Å². The molecular weight excluding hydrogens is 266 g/mol. The average Bonchev–Trinajstić information content (AvgIpc) is 3.10. The average molecular weight is 289 g/mol. The van der Waals surface area contributed by atoms with Gasteiger partial charge in [-0.2, -0.15) is 5.10 Å². The van der Waals surface area contributed by atoms with Crippen LogP contribution in [-0.4, -0.2) is 16.2 Å². The lowest BCUT2D eigenvalue weighted by molar-refractivity contribution is 0.206. The Balaban J connectivity index is 1.66. The molecule has 3 atom stereocenters. The molecule has 3 unspecified atom stereocenters. The van der Waals surface area contributed by atoms with Gasteiger partial charge >= 0.3 is 0 Å². The molecule has 1 aliphatic carbocycles. The van der Waals surface area contributed by atoms with Crippen molar-refractivity contribution in [3.63, 3.8) is 0 Å². The molecule has 20 heavy (non-hydrogen) atoms. The van der Waals surface area contributed by atoms with Crippen LogP contribution in [0.2, 0.25) is 0 Å². The normalized spacial score (nSPS) is 26.8. The predicted octanol–water partition coefficient (Wildman–Crippen LogP) is 4.05. The number of hydrogen-bond donors (Lipinski definition) is 2. The Labute approximate surface area is 124 Å². The van der Waals surface area contributed by atoms with E-state index >= 15 is 0 Å². The van der Waals surface area contributed by atoms with Crippen molar-refractivity contribution in [1.29, 1.82) is 0 Å². The van der Waals surface area contributed by atoms with Crippen LogP contribution in [0.3, 0.4) is 0 Å². The summed E-state index contributed by atoms with van der Waals surface area (Å²) >= 11 is 1.76. The van der Waals surface area contributed by atoms with Crippen molar-refractivity contribution in [2.75, 3.05) is 0 Å². The molecule has 2 heterocycles. The quantitative estimate of drug-likeness (QED) is 0.891. The monoisotopic (exact) mass is 289 g/mol. The lowest BCUT2D eigenvalue weighted by Crippen LogP contribution is -2.40. The minimum absolute atomic E-state index is 0.643. The van der Waals surface area contributed by atoms with Gasteiger partial charge in [0.1, 0.15) is 0 Å². The van der Waals surface area contributed by atoms with Gasteiger partial charge in [-0.1, -0.05) is 32.8 Å². The second-order valence-electron chi connectivity index (χ2n) is 6.00. The number of thiophene rings is 1. The van der Waals surface area contributed by atoms with Crippen LogP contribution < -0.4 is 5.32 Å². The van der Waals surface area contributed by atoms with Crippen LogP contribution in [0.25, 0.3) is 10.6 Å². The van der Waals surface area contributed by atoms with Gasteiger partial charge in [-0.3, -0.25) is 5.10 Å². The molecule has 3 nitrogen and oxygen atoms in total. The Morgan fingerprint density at radius 3 is 3.10 bits per heavy atom. The molecule has 0 saturated heterocycles. The summed E-state index contributed by atoms with van der Waals surface area (Å²) in [5.41, 5.74) is 2.45. The van der Waals surface area contributed by atoms with E-state index in [1.165, 1.54) is 35.4 Å². The largest absolute Gasteiger partial charge is 0.310 e. The van der Waals surface area contributed by atoms with Crippen LogP contribution in [0.1, 0.15) is 38.7 Å². The Morgan fingerprint density at radius 2 is 2.30 bits per heavy atom. The maximum absolute atomic E-state index is 4.22. The Hall–Kier alpha value is -1.13. The Kier molecular flexibility index (Phi) is 4.22. The van der Waals surface area contributed by atoms with Gasteiger partial charge in [0, 0.05) is 18.2 Å². The van der Waals surface area contributed by atoms with Crippen LogP contribution in [0.15, 0.2) is 23.7 Å². The Bertz CT molecular complexity index is 532. The predicted molar refractivity (Wildman–Crippen MR) is 84.7 cm³/mol. The molecule has 2 aromatic heterocycles. The summed E-state index contributed by atoms with van der Waals surface area (Å²) in [6.45, 7) is 5.68. The number of hydrogen-bond acceptors (Lipinski definition) is 3. The molecule has 0 spiro atoms. The molecule has 0 aliphatic heterocycles. The van der Waals surface area contributed by atoms with Crippen molar-refractivity contribution in [1.82, 2.24) is 15.5 Å². The molecule has 0 radical (unpaired) electrons. The molecule has 108 valence electrons. The van der Waals surface area contributed by atoms with Gasteiger partial charge in [-0.25, -0.2) is 0 Å². The molecule has 0 amide bonds. The Morgan fingerprint density at radius 1 is 1.40 bits per heavy atom. The van der Waals surface area contributed by atoms with E-state index in [9.17, 15) is 0 Å². The standard InChI is InChI=1S/C16H23N3S/c1-11-5-3-6-14(12(11)2)17-9-13-10-18-19-16(13)15-7-4-8-20-15/h4,7-8,10-12,14,17H,3,5-6,9H2,1-2H3,(H,18,19). The first-order valence-corrected chi connectivity index (χ1v) is 8.43. The summed E-state index contributed by atoms with van der Waals surface area (Å²) in [4.78, 5) is 1.27. The highest BCUT2D eigenvalue weighted by Crippen LogP contribution is 2.30. The third-order valence-corrected chi connectivity index (χ3v) is 5.63. The van der Waals surface area contributed by atoms with Crippen molar-refractivity contribution in [3.05, 3.63) is 29.3 Å². The van der Waals surface area contributed by atoms with Crippen molar-refractivity contribution in [2.24, 2.45) is 11.8 Å². The molecule has 4 heteroatoms. The summed E-state index contributed by atoms with van der Waals surface area (Å²) in [5, 5.41) is 13.2. The van der Waals surface area contributed by atoms with Gasteiger partial charge in [0.05, 0.1) is 16.8 Å². The lowest BCUT2D eigenvalue weighted by Gasteiger charge is -2.34. The van der Waals surface area contributed by atoms with Gasteiger partial charge in [0.15, 0.2) is 0 Å². The van der Waals surface area contributed by atoms with E-state index in [2.05, 4.69) is 46.9 Å². The first-order valence-electron chi connectivity index (χ1n) is 7.55. The van der Waals surface area contributed by atoms with Crippen LogP contribution in [0.5, 0.6) is 0 Å². The number of nitrogens with zero attached hydrogens (tertiary/aromatic N) is 1. The van der Waals surface area contributed by atoms with E-state index in [1.54, 1.807) is 11.3 Å². The van der Waals surface area contributed by atoms with E-state index in [1.807, 2.05) is 6.20 Å². The van der Waals surface area contributed by atoms with Crippen molar-refractivity contribution in [2.45, 2.75) is 45.7 Å². The molecule has 0 aromatic carbocycles. The van der Waals surface area contributed by atoms with Crippen molar-refractivity contribution < 1.29 is 0 Å². The van der Waals surface area contributed by atoms with Crippen LogP contribution in [-0.2, 0) is 6.54 Å². The molecule has 2 N–H and O–H groups in total. The maximum Gasteiger partial charge on any atom is 0.0794 e. The van der Waals surface area contributed by atoms with Crippen molar-refractivity contribution in [3.8, 4) is 10.6 Å². The summed E-state index contributed by atoms with van der Waals surface area (Å²) in [5.74, 6) is 1.60. The number of aromatic amines is 1. The molecular formula is C16H23N3S. The van der Waals surface area contributed by atoms with E-state index < -0.39 is 0 Å². The van der Waals surface area contributed by atoms with Gasteiger partial charge < -0.3 is 5.32 Å². The van der Waals surface area contributed by atoms with E-state index in [-0.39, 0.29) is 0 Å². The zero-order valence-electron chi connectivity index (χ0n) is 12.2. The topological polar surface area (TPSA) is 40.7 Å². The molecule has 0 bridgehead atoms. The second kappa shape index (κ2) is 6.10. The fourth-order valence-electron chi connectivity index (χ4n) is 3.19. The van der Waals surface area contributed by atoms with Crippen molar-refractivity contribution >= 4 is 11.3 Å². The number of H-pyrrole nitrogens is 1. The SMILES string of the molecule is CC1CCCC(NCc2cn[nH]c2-c2cccs2)C1C. The van der Waals surface area contributed by atoms with Gasteiger partial charge in [0.25, 0.3) is 0 Å². The van der Waals surface area contributed by atoms with Gasteiger partial charge in [0.2, 0.25) is 0 Å². The summed E-state index contributed by atoms with van der Waals surface area (Å²) in [6, 6.07) is 4.88. The maximum atomic E-state index is 4.22. The number of nitrogens with one attached hydrogen (secondary N) is 2. The number of rotatable bonds is 4. The third-order valence-electron chi connectivity index (χ3n) is 4.75. The first kappa shape index (κ1) is 13.8. The molecule has 2 aromatic rings. The highest BCUT2D eigenvalue weighted by Gasteiger charge is 2.26. The minimum Gasteiger partial charge on any atom is -0.310 e. The van der Waals surface area contributed by atoms with Gasteiger partial charge in [-0.05, 0) is 29.7 Å². The molecule has 3 rings (SSSR count). The zero-order valence-corrected chi connectivity index (χ0v) is 13.0. The van der Waals surface area contributed by atoms with Crippen LogP contribution in [0, 0.1) is 11.8 Å². The summed E-state index contributed by atoms with van der Waals surface area (Å²) in [7, 11) is 0. The van der Waals surface area contributed by atoms with Gasteiger partial charge in [-0.15, -0.1) is 11.3 Å². The second-order valence-corrected chi connectivity index (χ2v) is 6.95. The summed E-state index contributed by atoms with van der Waals surface area (Å²) < 4.78 is 0. The van der Waals surface area contributed by atoms with E-state index in [0.29, 0.717) is 6.04 Å². The summed E-state index contributed by atoms with van der Waals surface area (Å²) in [6.07, 6.45) is 5.99. The fourth-order valence-corrected chi connectivity index (χ4v) is 3.95. The zero-order chi connectivity index (χ0) is 13.9. The van der Waals surface area contributed by atoms with E-state index in [4.69, 9.17) is 0 Å². The van der Waals surface area contributed by atoms with Crippen LogP contribution in [0.4, 0.5) is 0 Å². The fraction of sp³-hybridized carbons (Fsp3) is 0.562. The number of aromatic nitrogens is 2. The van der Waals surface area contributed by atoms with Crippen LogP contribution >= 0.6 is 11.3 Å². The highest BCUT2D eigenvalue weighted by molar-refractivity contribution is 7.13. The third kappa shape index (κ3) is 2.81. The minimum atomic E-state index is 0.643. The lowest BCUT2D eigenvalue weighted by atomic mass is 9.78. The molecule has 1 saturated carbocycles. The first-order chi connectivity index (χ1) is 9.75. The smallest absolute Gasteiger partial charge is 0.0794 e.